The van der Waals surface area contributed by atoms with Gasteiger partial charge in [-0.05, 0) is 47.7 Å². The second-order valence-corrected chi connectivity index (χ2v) is 8.67. The van der Waals surface area contributed by atoms with Crippen LogP contribution in [0.2, 0.25) is 0 Å². The molecule has 1 aliphatic carbocycles. The molecule has 6 rings (SSSR count). The maximum Gasteiger partial charge on any atom is 0.265 e. The molecule has 2 aromatic carbocycles. The Morgan fingerprint density at radius 2 is 1.88 bits per heavy atom. The maximum atomic E-state index is 13.2. The molecule has 0 saturated carbocycles. The number of benzene rings is 2. The molecule has 3 aromatic heterocycles. The predicted molar refractivity (Wildman–Crippen MR) is 125 cm³/mol. The highest BCUT2D eigenvalue weighted by atomic mass is 32.1. The molecular weight excluding hydrogens is 422 g/mol. The Bertz CT molecular complexity index is 1560. The number of nitrogens with one attached hydrogen (secondary N) is 2. The van der Waals surface area contributed by atoms with Gasteiger partial charge in [-0.15, -0.1) is 11.3 Å². The van der Waals surface area contributed by atoms with Gasteiger partial charge in [0.15, 0.2) is 5.65 Å². The average Bonchev–Trinajstić information content (AvgIpc) is 3.45. The van der Waals surface area contributed by atoms with Crippen LogP contribution in [0.3, 0.4) is 0 Å². The van der Waals surface area contributed by atoms with Crippen LogP contribution >= 0.6 is 11.3 Å². The number of thiophene rings is 1. The van der Waals surface area contributed by atoms with Crippen molar-refractivity contribution >= 4 is 34.0 Å². The minimum absolute atomic E-state index is 0.170. The molecule has 7 nitrogen and oxygen atoms in total. The smallest absolute Gasteiger partial charge is 0.265 e. The lowest BCUT2D eigenvalue weighted by molar-refractivity contribution is 0.103. The lowest BCUT2D eigenvalue weighted by Gasteiger charge is -2.15. The molecule has 0 saturated heterocycles. The standard InChI is InChI=1S/C24H17N5O2S/c30-23-17-12-27-29(22(17)25-13-26-23)19-8-4-3-7-18(19)28-24(31)20-11-15-10-9-14-5-1-2-6-16(14)21(15)32-20/h1-8,11-13H,9-10H2,(H,28,31)(H,25,26,30). The molecule has 0 atom stereocenters. The van der Waals surface area contributed by atoms with E-state index in [0.29, 0.717) is 27.3 Å². The fourth-order valence-electron chi connectivity index (χ4n) is 4.16. The number of fused-ring (bicyclic) bond motifs is 4. The van der Waals surface area contributed by atoms with Crippen molar-refractivity contribution in [3.05, 3.63) is 93.5 Å². The van der Waals surface area contributed by atoms with Gasteiger partial charge in [0.1, 0.15) is 5.39 Å². The second-order valence-electron chi connectivity index (χ2n) is 7.62. The Morgan fingerprint density at radius 3 is 2.81 bits per heavy atom. The van der Waals surface area contributed by atoms with Gasteiger partial charge in [0, 0.05) is 4.88 Å². The number of aryl methyl sites for hydroxylation is 2. The van der Waals surface area contributed by atoms with Crippen LogP contribution in [0, 0.1) is 0 Å². The van der Waals surface area contributed by atoms with Gasteiger partial charge in [-0.1, -0.05) is 36.4 Å². The maximum absolute atomic E-state index is 13.2. The first kappa shape index (κ1) is 18.7. The Kier molecular flexibility index (Phi) is 4.26. The van der Waals surface area contributed by atoms with E-state index in [-0.39, 0.29) is 11.5 Å². The van der Waals surface area contributed by atoms with Crippen molar-refractivity contribution < 1.29 is 4.79 Å². The number of aromatic nitrogens is 4. The number of amides is 1. The molecule has 0 bridgehead atoms. The topological polar surface area (TPSA) is 92.7 Å². The molecular formula is C24H17N5O2S. The van der Waals surface area contributed by atoms with E-state index in [0.717, 1.165) is 12.8 Å². The number of anilines is 1. The summed E-state index contributed by atoms with van der Waals surface area (Å²) in [5.41, 5.74) is 5.17. The van der Waals surface area contributed by atoms with Crippen LogP contribution in [0.25, 0.3) is 27.2 Å². The third-order valence-corrected chi connectivity index (χ3v) is 6.92. The van der Waals surface area contributed by atoms with Gasteiger partial charge in [-0.25, -0.2) is 9.67 Å². The van der Waals surface area contributed by atoms with Crippen LogP contribution < -0.4 is 10.9 Å². The highest BCUT2D eigenvalue weighted by Gasteiger charge is 2.22. The van der Waals surface area contributed by atoms with E-state index in [1.165, 1.54) is 45.4 Å². The molecule has 8 heteroatoms. The molecule has 2 N–H and O–H groups in total. The van der Waals surface area contributed by atoms with Gasteiger partial charge >= 0.3 is 0 Å². The number of hydrogen-bond acceptors (Lipinski definition) is 5. The van der Waals surface area contributed by atoms with E-state index >= 15 is 0 Å². The van der Waals surface area contributed by atoms with Gasteiger partial charge in [-0.2, -0.15) is 5.10 Å². The number of hydrogen-bond donors (Lipinski definition) is 2. The largest absolute Gasteiger partial charge is 0.319 e. The van der Waals surface area contributed by atoms with Gasteiger partial charge in [0.05, 0.1) is 28.8 Å². The summed E-state index contributed by atoms with van der Waals surface area (Å²) in [5, 5.41) is 7.74. The van der Waals surface area contributed by atoms with Crippen molar-refractivity contribution in [2.45, 2.75) is 12.8 Å². The molecule has 32 heavy (non-hydrogen) atoms. The van der Waals surface area contributed by atoms with Gasteiger partial charge in [-0.3, -0.25) is 9.59 Å². The minimum atomic E-state index is -0.257. The molecule has 0 aliphatic heterocycles. The highest BCUT2D eigenvalue weighted by molar-refractivity contribution is 7.17. The van der Waals surface area contributed by atoms with Crippen LogP contribution in [0.15, 0.2) is 71.9 Å². The van der Waals surface area contributed by atoms with Crippen molar-refractivity contribution in [1.29, 1.82) is 0 Å². The number of nitrogens with zero attached hydrogens (tertiary/aromatic N) is 3. The summed E-state index contributed by atoms with van der Waals surface area (Å²) in [6.07, 6.45) is 4.75. The summed E-state index contributed by atoms with van der Waals surface area (Å²) >= 11 is 1.52. The van der Waals surface area contributed by atoms with Crippen molar-refractivity contribution in [2.75, 3.05) is 5.32 Å². The monoisotopic (exact) mass is 439 g/mol. The van der Waals surface area contributed by atoms with Crippen LogP contribution in [0.4, 0.5) is 5.69 Å². The first-order chi connectivity index (χ1) is 15.7. The lowest BCUT2D eigenvalue weighted by Crippen LogP contribution is -2.13. The summed E-state index contributed by atoms with van der Waals surface area (Å²) in [4.78, 5) is 33.9. The highest BCUT2D eigenvalue weighted by Crippen LogP contribution is 2.39. The third-order valence-electron chi connectivity index (χ3n) is 5.71. The zero-order valence-corrected chi connectivity index (χ0v) is 17.6. The number of H-pyrrole nitrogens is 1. The average molecular weight is 440 g/mol. The first-order valence-electron chi connectivity index (χ1n) is 10.2. The van der Waals surface area contributed by atoms with Gasteiger partial charge in [0.25, 0.3) is 11.5 Å². The summed E-state index contributed by atoms with van der Waals surface area (Å²) in [7, 11) is 0. The van der Waals surface area contributed by atoms with E-state index in [1.807, 2.05) is 36.4 Å². The fraction of sp³-hybridized carbons (Fsp3) is 0.0833. The lowest BCUT2D eigenvalue weighted by atomic mass is 9.91. The van der Waals surface area contributed by atoms with Crippen LogP contribution in [0.5, 0.6) is 0 Å². The minimum Gasteiger partial charge on any atom is -0.319 e. The summed E-state index contributed by atoms with van der Waals surface area (Å²) < 4.78 is 1.57. The van der Waals surface area contributed by atoms with E-state index in [4.69, 9.17) is 0 Å². The second kappa shape index (κ2) is 7.28. The van der Waals surface area contributed by atoms with Crippen molar-refractivity contribution in [3.63, 3.8) is 0 Å². The normalized spacial score (nSPS) is 12.4. The predicted octanol–water partition coefficient (Wildman–Crippen LogP) is 4.19. The summed E-state index contributed by atoms with van der Waals surface area (Å²) in [6, 6.07) is 17.7. The van der Waals surface area contributed by atoms with Gasteiger partial charge < -0.3 is 10.3 Å². The number of aromatic amines is 1. The van der Waals surface area contributed by atoms with Crippen LogP contribution in [0.1, 0.15) is 20.8 Å². The number of carbonyl (C=O) groups excluding carboxylic acids is 1. The summed E-state index contributed by atoms with van der Waals surface area (Å²) in [6.45, 7) is 0. The van der Waals surface area contributed by atoms with E-state index in [9.17, 15) is 9.59 Å². The molecule has 3 heterocycles. The van der Waals surface area contributed by atoms with Gasteiger partial charge in [0.2, 0.25) is 0 Å². The van der Waals surface area contributed by atoms with Crippen LogP contribution in [-0.2, 0) is 12.8 Å². The fourth-order valence-corrected chi connectivity index (χ4v) is 5.33. The Labute approximate surface area is 186 Å². The SMILES string of the molecule is O=C(Nc1ccccc1-n1ncc2c(=O)[nH]cnc21)c1cc2c(s1)-c1ccccc1CC2. The van der Waals surface area contributed by atoms with E-state index < -0.39 is 0 Å². The molecule has 1 amide bonds. The third kappa shape index (κ3) is 2.96. The number of carbonyl (C=O) groups is 1. The van der Waals surface area contributed by atoms with E-state index in [1.54, 1.807) is 4.68 Å². The molecule has 156 valence electrons. The molecule has 1 aliphatic rings. The molecule has 0 radical (unpaired) electrons. The van der Waals surface area contributed by atoms with E-state index in [2.05, 4.69) is 38.6 Å². The first-order valence-corrected chi connectivity index (χ1v) is 11.0. The van der Waals surface area contributed by atoms with Crippen LogP contribution in [-0.4, -0.2) is 25.7 Å². The Morgan fingerprint density at radius 1 is 1.06 bits per heavy atom. The van der Waals surface area contributed by atoms with Crippen molar-refractivity contribution in [1.82, 2.24) is 19.7 Å². The Balaban J connectivity index is 1.36. The molecule has 0 unspecified atom stereocenters. The van der Waals surface area contributed by atoms with Crippen molar-refractivity contribution in [2.24, 2.45) is 0 Å². The molecule has 5 aromatic rings. The Hall–Kier alpha value is -4.04. The summed E-state index contributed by atoms with van der Waals surface area (Å²) in [5.74, 6) is -0.170. The van der Waals surface area contributed by atoms with Crippen molar-refractivity contribution in [3.8, 4) is 16.1 Å². The number of para-hydroxylation sites is 2. The molecule has 0 spiro atoms. The molecule has 0 fully saturated rings. The quantitative estimate of drug-likeness (QED) is 0.441. The zero-order valence-electron chi connectivity index (χ0n) is 16.8. The number of rotatable bonds is 3. The zero-order chi connectivity index (χ0) is 21.7.